The lowest BCUT2D eigenvalue weighted by Gasteiger charge is -2.26. The Morgan fingerprint density at radius 3 is 2.54 bits per heavy atom. The summed E-state index contributed by atoms with van der Waals surface area (Å²) >= 11 is 0. The summed E-state index contributed by atoms with van der Waals surface area (Å²) in [6, 6.07) is 8.25. The molecule has 28 heavy (non-hydrogen) atoms. The van der Waals surface area contributed by atoms with E-state index in [1.807, 2.05) is 16.8 Å². The lowest BCUT2D eigenvalue weighted by Crippen LogP contribution is -2.30. The van der Waals surface area contributed by atoms with Crippen molar-refractivity contribution >= 4 is 11.5 Å². The highest BCUT2D eigenvalue weighted by Crippen LogP contribution is 2.32. The van der Waals surface area contributed by atoms with E-state index in [4.69, 9.17) is 14.8 Å². The van der Waals surface area contributed by atoms with Gasteiger partial charge in [-0.1, -0.05) is 33.8 Å². The molecule has 3 rings (SSSR count). The number of benzene rings is 1. The van der Waals surface area contributed by atoms with E-state index in [1.165, 1.54) is 11.1 Å². The predicted octanol–water partition coefficient (Wildman–Crippen LogP) is 5.15. The summed E-state index contributed by atoms with van der Waals surface area (Å²) in [4.78, 5) is 7.47. The summed E-state index contributed by atoms with van der Waals surface area (Å²) in [7, 11) is 1.70. The van der Waals surface area contributed by atoms with Gasteiger partial charge in [-0.15, -0.1) is 0 Å². The van der Waals surface area contributed by atoms with Gasteiger partial charge in [0.05, 0.1) is 12.8 Å². The number of methoxy groups -OCH3 is 1. The second-order valence-corrected chi connectivity index (χ2v) is 7.74. The van der Waals surface area contributed by atoms with E-state index < -0.39 is 0 Å². The van der Waals surface area contributed by atoms with Crippen LogP contribution >= 0.6 is 0 Å². The summed E-state index contributed by atoms with van der Waals surface area (Å²) in [5, 5.41) is 4.70. The second-order valence-electron chi connectivity index (χ2n) is 7.74. The van der Waals surface area contributed by atoms with Gasteiger partial charge >= 0.3 is 0 Å². The molecule has 0 bridgehead atoms. The van der Waals surface area contributed by atoms with E-state index >= 15 is 0 Å². The number of aryl methyl sites for hydroxylation is 2. The van der Waals surface area contributed by atoms with Gasteiger partial charge in [-0.2, -0.15) is 9.61 Å². The summed E-state index contributed by atoms with van der Waals surface area (Å²) in [5.74, 6) is 2.59. The Hall–Kier alpha value is -2.56. The SMILES string of the molecule is CCCN(CC(C)C)c1c(CC)nc2c(-c3ccc(OC)cc3C)ccnn12. The summed E-state index contributed by atoms with van der Waals surface area (Å²) in [5.41, 5.74) is 5.48. The molecule has 0 N–H and O–H groups in total. The molecule has 0 spiro atoms. The predicted molar refractivity (Wildman–Crippen MR) is 116 cm³/mol. The van der Waals surface area contributed by atoms with Crippen LogP contribution in [0.2, 0.25) is 0 Å². The Kier molecular flexibility index (Phi) is 6.22. The van der Waals surface area contributed by atoms with Gasteiger partial charge in [-0.05, 0) is 55.0 Å². The van der Waals surface area contributed by atoms with Gasteiger partial charge in [-0.25, -0.2) is 4.98 Å². The first-order valence-electron chi connectivity index (χ1n) is 10.3. The zero-order valence-corrected chi connectivity index (χ0v) is 18.0. The number of rotatable bonds is 8. The summed E-state index contributed by atoms with van der Waals surface area (Å²) in [6.07, 6.45) is 3.87. The molecule has 0 fully saturated rings. The highest BCUT2D eigenvalue weighted by atomic mass is 16.5. The topological polar surface area (TPSA) is 42.7 Å². The van der Waals surface area contributed by atoms with E-state index in [9.17, 15) is 0 Å². The van der Waals surface area contributed by atoms with Crippen LogP contribution < -0.4 is 9.64 Å². The first kappa shape index (κ1) is 20.2. The molecule has 0 aliphatic heterocycles. The third-order valence-corrected chi connectivity index (χ3v) is 5.00. The number of imidazole rings is 1. The average molecular weight is 381 g/mol. The van der Waals surface area contributed by atoms with Gasteiger partial charge < -0.3 is 9.64 Å². The minimum atomic E-state index is 0.578. The van der Waals surface area contributed by atoms with Gasteiger partial charge in [-0.3, -0.25) is 0 Å². The first-order valence-corrected chi connectivity index (χ1v) is 10.3. The van der Waals surface area contributed by atoms with Crippen molar-refractivity contribution in [2.24, 2.45) is 5.92 Å². The van der Waals surface area contributed by atoms with Crippen molar-refractivity contribution in [2.45, 2.75) is 47.5 Å². The third kappa shape index (κ3) is 3.84. The molecule has 0 aliphatic rings. The molecule has 0 aliphatic carbocycles. The Labute approximate surface area is 168 Å². The van der Waals surface area contributed by atoms with Crippen molar-refractivity contribution in [1.29, 1.82) is 0 Å². The molecule has 2 aromatic heterocycles. The molecule has 0 saturated heterocycles. The van der Waals surface area contributed by atoms with Crippen LogP contribution in [0.1, 0.15) is 45.4 Å². The Morgan fingerprint density at radius 1 is 1.14 bits per heavy atom. The lowest BCUT2D eigenvalue weighted by atomic mass is 10.0. The number of ether oxygens (including phenoxy) is 1. The fourth-order valence-electron chi connectivity index (χ4n) is 3.80. The maximum Gasteiger partial charge on any atom is 0.164 e. The minimum absolute atomic E-state index is 0.578. The van der Waals surface area contributed by atoms with Crippen molar-refractivity contribution < 1.29 is 4.74 Å². The van der Waals surface area contributed by atoms with Gasteiger partial charge in [0.15, 0.2) is 11.5 Å². The summed E-state index contributed by atoms with van der Waals surface area (Å²) < 4.78 is 7.41. The van der Waals surface area contributed by atoms with Crippen LogP contribution in [0.15, 0.2) is 30.5 Å². The van der Waals surface area contributed by atoms with Crippen molar-refractivity contribution in [3.8, 4) is 16.9 Å². The van der Waals surface area contributed by atoms with Crippen molar-refractivity contribution in [3.05, 3.63) is 41.7 Å². The minimum Gasteiger partial charge on any atom is -0.497 e. The maximum absolute atomic E-state index is 5.37. The van der Waals surface area contributed by atoms with Crippen LogP contribution in [0, 0.1) is 12.8 Å². The summed E-state index contributed by atoms with van der Waals surface area (Å²) in [6.45, 7) is 13.0. The van der Waals surface area contributed by atoms with Crippen molar-refractivity contribution in [3.63, 3.8) is 0 Å². The van der Waals surface area contributed by atoms with E-state index in [1.54, 1.807) is 7.11 Å². The van der Waals surface area contributed by atoms with E-state index in [0.717, 1.165) is 54.4 Å². The Morgan fingerprint density at radius 2 is 1.93 bits per heavy atom. The monoisotopic (exact) mass is 380 g/mol. The smallest absolute Gasteiger partial charge is 0.164 e. The second kappa shape index (κ2) is 8.63. The van der Waals surface area contributed by atoms with Crippen LogP contribution in [0.4, 0.5) is 5.82 Å². The molecule has 5 heteroatoms. The van der Waals surface area contributed by atoms with E-state index in [-0.39, 0.29) is 0 Å². The maximum atomic E-state index is 5.37. The van der Waals surface area contributed by atoms with E-state index in [0.29, 0.717) is 5.92 Å². The van der Waals surface area contributed by atoms with Crippen LogP contribution in [0.3, 0.4) is 0 Å². The average Bonchev–Trinajstić information content (AvgIpc) is 3.06. The zero-order chi connectivity index (χ0) is 20.3. The lowest BCUT2D eigenvalue weighted by molar-refractivity contribution is 0.414. The first-order chi connectivity index (χ1) is 13.5. The normalized spacial score (nSPS) is 11.4. The molecule has 1 aromatic carbocycles. The molecule has 0 unspecified atom stereocenters. The molecule has 0 amide bonds. The molecule has 0 atom stereocenters. The zero-order valence-electron chi connectivity index (χ0n) is 18.0. The van der Waals surface area contributed by atoms with Gasteiger partial charge in [0.25, 0.3) is 0 Å². The van der Waals surface area contributed by atoms with Crippen LogP contribution in [0.5, 0.6) is 5.75 Å². The van der Waals surface area contributed by atoms with E-state index in [2.05, 4.69) is 57.7 Å². The fourth-order valence-corrected chi connectivity index (χ4v) is 3.80. The molecule has 0 saturated carbocycles. The molecule has 5 nitrogen and oxygen atoms in total. The van der Waals surface area contributed by atoms with Crippen LogP contribution in [-0.4, -0.2) is 34.8 Å². The number of hydrogen-bond donors (Lipinski definition) is 0. The highest BCUT2D eigenvalue weighted by molar-refractivity contribution is 5.81. The van der Waals surface area contributed by atoms with Crippen LogP contribution in [0.25, 0.3) is 16.8 Å². The van der Waals surface area contributed by atoms with Crippen LogP contribution in [-0.2, 0) is 6.42 Å². The van der Waals surface area contributed by atoms with Gasteiger partial charge in [0, 0.05) is 24.8 Å². The van der Waals surface area contributed by atoms with Crippen molar-refractivity contribution in [2.75, 3.05) is 25.1 Å². The van der Waals surface area contributed by atoms with Crippen molar-refractivity contribution in [1.82, 2.24) is 14.6 Å². The third-order valence-electron chi connectivity index (χ3n) is 5.00. The molecule has 0 radical (unpaired) electrons. The number of fused-ring (bicyclic) bond motifs is 1. The quantitative estimate of drug-likeness (QED) is 0.542. The Balaban J connectivity index is 2.20. The molecule has 2 heterocycles. The molecule has 150 valence electrons. The largest absolute Gasteiger partial charge is 0.497 e. The van der Waals surface area contributed by atoms with Gasteiger partial charge in [0.1, 0.15) is 5.75 Å². The Bertz CT molecular complexity index is 945. The standard InChI is InChI=1S/C23H32N4O/c1-7-13-26(15-16(3)4)23-21(8-2)25-22-20(11-12-24-27(22)23)19-10-9-18(28-6)14-17(19)5/h9-12,14,16H,7-8,13,15H2,1-6H3. The number of anilines is 1. The molecule has 3 aromatic rings. The highest BCUT2D eigenvalue weighted by Gasteiger charge is 2.21. The number of nitrogens with zero attached hydrogens (tertiary/aromatic N) is 4. The number of hydrogen-bond acceptors (Lipinski definition) is 4. The molecular weight excluding hydrogens is 348 g/mol. The number of aromatic nitrogens is 3. The fraction of sp³-hybridized carbons (Fsp3) is 0.478. The molecular formula is C23H32N4O. The van der Waals surface area contributed by atoms with Gasteiger partial charge in [0.2, 0.25) is 0 Å².